The predicted octanol–water partition coefficient (Wildman–Crippen LogP) is 3.47. The van der Waals surface area contributed by atoms with Gasteiger partial charge in [-0.3, -0.25) is 4.90 Å². The lowest BCUT2D eigenvalue weighted by atomic mass is 10.1. The van der Waals surface area contributed by atoms with Gasteiger partial charge in [-0.05, 0) is 54.8 Å². The molecule has 0 amide bonds. The van der Waals surface area contributed by atoms with Crippen molar-refractivity contribution >= 4 is 33.0 Å². The third kappa shape index (κ3) is 3.89. The fourth-order valence-corrected chi connectivity index (χ4v) is 5.32. The molecule has 2 aliphatic rings. The zero-order valence-corrected chi connectivity index (χ0v) is 17.8. The molecule has 0 unspecified atom stereocenters. The van der Waals surface area contributed by atoms with E-state index in [1.54, 1.807) is 30.3 Å². The Morgan fingerprint density at radius 3 is 2.50 bits per heavy atom. The second-order valence-electron chi connectivity index (χ2n) is 7.55. The van der Waals surface area contributed by atoms with Crippen molar-refractivity contribution in [2.45, 2.75) is 35.9 Å². The minimum Gasteiger partial charge on any atom is -0.484 e. The van der Waals surface area contributed by atoms with E-state index in [0.29, 0.717) is 15.8 Å². The molecule has 8 heteroatoms. The van der Waals surface area contributed by atoms with Crippen LogP contribution in [0.2, 0.25) is 10.0 Å². The molecule has 150 valence electrons. The molecular formula is C20H22Cl2N2O3S. The number of benzene rings is 2. The van der Waals surface area contributed by atoms with Crippen molar-refractivity contribution in [1.29, 1.82) is 0 Å². The van der Waals surface area contributed by atoms with Gasteiger partial charge in [-0.25, -0.2) is 8.42 Å². The van der Waals surface area contributed by atoms with Crippen LogP contribution in [-0.2, 0) is 16.3 Å². The lowest BCUT2D eigenvalue weighted by Crippen LogP contribution is -2.40. The van der Waals surface area contributed by atoms with Gasteiger partial charge in [0.2, 0.25) is 0 Å². The highest BCUT2D eigenvalue weighted by Gasteiger charge is 2.41. The average Bonchev–Trinajstić information content (AvgIpc) is 3.19. The summed E-state index contributed by atoms with van der Waals surface area (Å²) in [5.41, 5.74) is 8.15. The van der Waals surface area contributed by atoms with Crippen molar-refractivity contribution in [3.63, 3.8) is 0 Å². The summed E-state index contributed by atoms with van der Waals surface area (Å²) >= 11 is 12.7. The molecule has 1 heterocycles. The van der Waals surface area contributed by atoms with Gasteiger partial charge in [0.25, 0.3) is 0 Å². The van der Waals surface area contributed by atoms with Crippen molar-refractivity contribution in [2.75, 3.05) is 19.3 Å². The van der Waals surface area contributed by atoms with E-state index in [2.05, 4.69) is 4.90 Å². The molecule has 0 aromatic heterocycles. The van der Waals surface area contributed by atoms with E-state index in [1.165, 1.54) is 6.26 Å². The van der Waals surface area contributed by atoms with Crippen molar-refractivity contribution in [2.24, 2.45) is 5.73 Å². The Kier molecular flexibility index (Phi) is 5.35. The number of sulfone groups is 1. The van der Waals surface area contributed by atoms with Crippen LogP contribution in [0.25, 0.3) is 0 Å². The zero-order chi connectivity index (χ0) is 20.1. The molecule has 2 aromatic carbocycles. The fourth-order valence-electron chi connectivity index (χ4n) is 4.11. The van der Waals surface area contributed by atoms with Crippen molar-refractivity contribution < 1.29 is 13.2 Å². The molecule has 0 saturated carbocycles. The second-order valence-corrected chi connectivity index (χ2v) is 10.4. The van der Waals surface area contributed by atoms with Gasteiger partial charge in [0.1, 0.15) is 11.9 Å². The van der Waals surface area contributed by atoms with E-state index in [1.807, 2.05) is 6.07 Å². The van der Waals surface area contributed by atoms with Gasteiger partial charge in [0, 0.05) is 41.0 Å². The van der Waals surface area contributed by atoms with Gasteiger partial charge < -0.3 is 10.5 Å². The molecule has 2 N–H and O–H groups in total. The molecule has 0 spiro atoms. The summed E-state index contributed by atoms with van der Waals surface area (Å²) in [6.07, 6.45) is 2.66. The summed E-state index contributed by atoms with van der Waals surface area (Å²) < 4.78 is 29.7. The Balaban J connectivity index is 1.67. The number of halogens is 2. The molecule has 1 aliphatic heterocycles. The van der Waals surface area contributed by atoms with Crippen LogP contribution in [0.4, 0.5) is 0 Å². The van der Waals surface area contributed by atoms with Crippen LogP contribution < -0.4 is 10.5 Å². The number of hydrogen-bond acceptors (Lipinski definition) is 5. The van der Waals surface area contributed by atoms with Crippen LogP contribution in [0, 0.1) is 0 Å². The predicted molar refractivity (Wildman–Crippen MR) is 111 cm³/mol. The first-order valence-electron chi connectivity index (χ1n) is 9.16. The highest BCUT2D eigenvalue weighted by Crippen LogP contribution is 2.43. The largest absolute Gasteiger partial charge is 0.484 e. The first-order valence-corrected chi connectivity index (χ1v) is 11.8. The minimum atomic E-state index is -3.25. The molecule has 1 aliphatic carbocycles. The number of likely N-dealkylation sites (tertiary alicyclic amines) is 1. The van der Waals surface area contributed by atoms with Gasteiger partial charge >= 0.3 is 0 Å². The van der Waals surface area contributed by atoms with E-state index in [4.69, 9.17) is 33.7 Å². The highest BCUT2D eigenvalue weighted by atomic mass is 35.5. The third-order valence-corrected chi connectivity index (χ3v) is 7.19. The third-order valence-electron chi connectivity index (χ3n) is 5.50. The molecule has 4 rings (SSSR count). The monoisotopic (exact) mass is 440 g/mol. The highest BCUT2D eigenvalue weighted by molar-refractivity contribution is 7.90. The van der Waals surface area contributed by atoms with Gasteiger partial charge in [0.15, 0.2) is 9.84 Å². The maximum Gasteiger partial charge on any atom is 0.175 e. The van der Waals surface area contributed by atoms with Crippen LogP contribution in [0.5, 0.6) is 5.75 Å². The SMILES string of the molecule is CS(=O)(=O)c1ccc(O[C@@H]2c3cc(Cl)cc(Cl)c3C[C@@H]2N2CC[C@@H](N)C2)cc1. The molecule has 2 aromatic rings. The van der Waals surface area contributed by atoms with E-state index in [0.717, 1.165) is 37.1 Å². The van der Waals surface area contributed by atoms with Crippen LogP contribution in [0.3, 0.4) is 0 Å². The normalized spacial score (nSPS) is 25.1. The summed E-state index contributed by atoms with van der Waals surface area (Å²) in [4.78, 5) is 2.62. The lowest BCUT2D eigenvalue weighted by Gasteiger charge is -2.30. The van der Waals surface area contributed by atoms with Crippen LogP contribution in [0.15, 0.2) is 41.3 Å². The average molecular weight is 441 g/mol. The first kappa shape index (κ1) is 20.0. The molecule has 0 bridgehead atoms. The number of nitrogens with zero attached hydrogens (tertiary/aromatic N) is 1. The molecule has 1 fully saturated rings. The molecule has 0 radical (unpaired) electrons. The molecule has 28 heavy (non-hydrogen) atoms. The Morgan fingerprint density at radius 1 is 1.18 bits per heavy atom. The number of rotatable bonds is 4. The second kappa shape index (κ2) is 7.50. The Bertz CT molecular complexity index is 995. The van der Waals surface area contributed by atoms with E-state index < -0.39 is 9.84 Å². The Hall–Kier alpha value is -1.31. The zero-order valence-electron chi connectivity index (χ0n) is 15.4. The maximum atomic E-state index is 11.7. The topological polar surface area (TPSA) is 72.6 Å². The van der Waals surface area contributed by atoms with Crippen molar-refractivity contribution in [3.05, 3.63) is 57.6 Å². The van der Waals surface area contributed by atoms with E-state index in [9.17, 15) is 8.42 Å². The maximum absolute atomic E-state index is 11.7. The van der Waals surface area contributed by atoms with Crippen LogP contribution in [0.1, 0.15) is 23.7 Å². The van der Waals surface area contributed by atoms with E-state index >= 15 is 0 Å². The summed E-state index contributed by atoms with van der Waals surface area (Å²) in [7, 11) is -3.25. The van der Waals surface area contributed by atoms with Gasteiger partial charge in [-0.1, -0.05) is 23.2 Å². The van der Waals surface area contributed by atoms with E-state index in [-0.39, 0.29) is 23.1 Å². The van der Waals surface area contributed by atoms with Crippen molar-refractivity contribution in [1.82, 2.24) is 4.90 Å². The van der Waals surface area contributed by atoms with Crippen LogP contribution >= 0.6 is 23.2 Å². The first-order chi connectivity index (χ1) is 13.2. The lowest BCUT2D eigenvalue weighted by molar-refractivity contribution is 0.0932. The fraction of sp³-hybridized carbons (Fsp3) is 0.400. The standard InChI is InChI=1S/C20H22Cl2N2O3S/c1-28(25,26)15-4-2-14(3-5-15)27-20-17-8-12(21)9-18(22)16(17)10-19(20)24-7-6-13(23)11-24/h2-5,8-9,13,19-20H,6-7,10-11,23H2,1H3/t13-,19+,20-/m1/s1. The Morgan fingerprint density at radius 2 is 1.89 bits per heavy atom. The number of hydrogen-bond donors (Lipinski definition) is 1. The number of nitrogens with two attached hydrogens (primary N) is 1. The van der Waals surface area contributed by atoms with Crippen molar-refractivity contribution in [3.8, 4) is 5.75 Å². The van der Waals surface area contributed by atoms with Crippen LogP contribution in [-0.4, -0.2) is 44.7 Å². The summed E-state index contributed by atoms with van der Waals surface area (Å²) in [5.74, 6) is 0.606. The molecule has 3 atom stereocenters. The van der Waals surface area contributed by atoms with Gasteiger partial charge in [-0.2, -0.15) is 0 Å². The summed E-state index contributed by atoms with van der Waals surface area (Å²) in [6.45, 7) is 1.73. The summed E-state index contributed by atoms with van der Waals surface area (Å²) in [5, 5.41) is 1.22. The number of ether oxygens (including phenoxy) is 1. The van der Waals surface area contributed by atoms with Gasteiger partial charge in [0.05, 0.1) is 10.9 Å². The smallest absolute Gasteiger partial charge is 0.175 e. The quantitative estimate of drug-likeness (QED) is 0.787. The molecule has 1 saturated heterocycles. The molecule has 5 nitrogen and oxygen atoms in total. The number of fused-ring (bicyclic) bond motifs is 1. The Labute approximate surface area is 175 Å². The minimum absolute atomic E-state index is 0.106. The van der Waals surface area contributed by atoms with Gasteiger partial charge in [-0.15, -0.1) is 0 Å². The molecular weight excluding hydrogens is 419 g/mol. The summed E-state index contributed by atoms with van der Waals surface area (Å²) in [6, 6.07) is 10.4.